The summed E-state index contributed by atoms with van der Waals surface area (Å²) in [7, 11) is 0.707. The Balaban J connectivity index is 5.38. The number of ether oxygens (including phenoxy) is 1. The van der Waals surface area contributed by atoms with Crippen LogP contribution in [0, 0.1) is 0 Å². The van der Waals surface area contributed by atoms with Gasteiger partial charge < -0.3 is 10.1 Å². The van der Waals surface area contributed by atoms with E-state index in [1.54, 1.807) is 0 Å². The Labute approximate surface area is 110 Å². The molecule has 0 aromatic heterocycles. The van der Waals surface area contributed by atoms with Gasteiger partial charge in [-0.1, -0.05) is 0 Å². The van der Waals surface area contributed by atoms with Gasteiger partial charge >= 0.3 is 29.9 Å². The molecule has 1 N–H and O–H groups in total. The maximum atomic E-state index is 12.9. The van der Waals surface area contributed by atoms with E-state index in [-0.39, 0.29) is 0 Å². The molecule has 0 fully saturated rings. The van der Waals surface area contributed by atoms with E-state index in [1.165, 1.54) is 0 Å². The summed E-state index contributed by atoms with van der Waals surface area (Å²) in [6, 6.07) is 0. The zero-order valence-corrected chi connectivity index (χ0v) is 9.83. The maximum Gasteiger partial charge on any atom is 0.460 e. The summed E-state index contributed by atoms with van der Waals surface area (Å²) >= 11 is 0. The second-order valence-corrected chi connectivity index (χ2v) is 3.48. The van der Waals surface area contributed by atoms with E-state index in [2.05, 4.69) is 4.74 Å². The zero-order valence-electron chi connectivity index (χ0n) is 9.83. The van der Waals surface area contributed by atoms with Crippen LogP contribution < -0.4 is 5.32 Å². The average Bonchev–Trinajstić information content (AvgIpc) is 2.33. The van der Waals surface area contributed by atoms with Crippen molar-refractivity contribution in [2.75, 3.05) is 13.7 Å². The van der Waals surface area contributed by atoms with Crippen LogP contribution in [-0.4, -0.2) is 49.5 Å². The van der Waals surface area contributed by atoms with Gasteiger partial charge in [0.1, 0.15) is 6.54 Å². The van der Waals surface area contributed by atoms with Crippen LogP contribution >= 0.6 is 0 Å². The molecule has 4 nitrogen and oxygen atoms in total. The summed E-state index contributed by atoms with van der Waals surface area (Å²) in [4.78, 5) is 21.1. The van der Waals surface area contributed by atoms with Crippen LogP contribution in [0.15, 0.2) is 0 Å². The predicted molar refractivity (Wildman–Crippen MR) is 45.9 cm³/mol. The van der Waals surface area contributed by atoms with E-state index >= 15 is 0 Å². The lowest BCUT2D eigenvalue weighted by atomic mass is 10.0. The molecule has 0 unspecified atom stereocenters. The number of alkyl halides is 9. The van der Waals surface area contributed by atoms with Crippen molar-refractivity contribution in [1.82, 2.24) is 5.32 Å². The normalized spacial score (nSPS) is 13.8. The van der Waals surface area contributed by atoms with Crippen LogP contribution in [0.5, 0.6) is 0 Å². The maximum absolute atomic E-state index is 12.9. The molecular weight excluding hydrogens is 329 g/mol. The number of carbonyl (C=O) groups excluding carboxylic acids is 2. The Morgan fingerprint density at radius 2 is 1.33 bits per heavy atom. The highest BCUT2D eigenvalue weighted by Gasteiger charge is 2.83. The highest BCUT2D eigenvalue weighted by Crippen LogP contribution is 2.53. The molecule has 1 amide bonds. The monoisotopic (exact) mass is 335 g/mol. The Kier molecular flexibility index (Phi) is 5.15. The first kappa shape index (κ1) is 19.3. The third-order valence-corrected chi connectivity index (χ3v) is 2.05. The van der Waals surface area contributed by atoms with E-state index in [9.17, 15) is 49.1 Å². The molecule has 0 aromatic carbocycles. The minimum atomic E-state index is -7.17. The molecule has 0 radical (unpaired) electrons. The molecule has 13 heteroatoms. The van der Waals surface area contributed by atoms with Crippen molar-refractivity contribution in [3.05, 3.63) is 0 Å². The average molecular weight is 335 g/mol. The molecule has 0 aliphatic heterocycles. The molecule has 0 atom stereocenters. The van der Waals surface area contributed by atoms with E-state index in [0.29, 0.717) is 7.11 Å². The summed E-state index contributed by atoms with van der Waals surface area (Å²) in [5.41, 5.74) is 0. The summed E-state index contributed by atoms with van der Waals surface area (Å²) < 4.78 is 115. The number of amides is 1. The molecule has 0 spiro atoms. The van der Waals surface area contributed by atoms with Gasteiger partial charge in [0, 0.05) is 0 Å². The first-order valence-corrected chi connectivity index (χ1v) is 4.68. The number of nitrogens with one attached hydrogen (secondary N) is 1. The molecule has 0 saturated heterocycles. The van der Waals surface area contributed by atoms with Crippen molar-refractivity contribution >= 4 is 11.9 Å². The lowest BCUT2D eigenvalue weighted by Crippen LogP contribution is -2.65. The molecule has 0 rings (SSSR count). The van der Waals surface area contributed by atoms with E-state index in [0.717, 1.165) is 5.32 Å². The summed E-state index contributed by atoms with van der Waals surface area (Å²) in [6.45, 7) is -1.43. The van der Waals surface area contributed by atoms with E-state index in [4.69, 9.17) is 0 Å². The predicted octanol–water partition coefficient (Wildman–Crippen LogP) is 1.74. The summed E-state index contributed by atoms with van der Waals surface area (Å²) in [5.74, 6) is -25.3. The van der Waals surface area contributed by atoms with Crippen molar-refractivity contribution in [2.45, 2.75) is 23.9 Å². The standard InChI is InChI=1S/C8H6F9NO3/c1-21-3(19)2-18-4(20)5(9,10)6(11,12)7(13,14)8(15,16)17/h2H2,1H3,(H,18,20). The smallest absolute Gasteiger partial charge is 0.460 e. The largest absolute Gasteiger partial charge is 0.468 e. The van der Waals surface area contributed by atoms with Crippen molar-refractivity contribution < 1.29 is 53.8 Å². The Bertz CT molecular complexity index is 418. The molecule has 0 aliphatic rings. The Morgan fingerprint density at radius 3 is 1.67 bits per heavy atom. The third-order valence-electron chi connectivity index (χ3n) is 2.05. The first-order chi connectivity index (χ1) is 9.13. The van der Waals surface area contributed by atoms with E-state index in [1.807, 2.05) is 0 Å². The SMILES string of the molecule is COC(=O)CNC(=O)C(F)(F)C(F)(F)C(F)(F)C(F)(F)F. The van der Waals surface area contributed by atoms with Crippen LogP contribution in [0.25, 0.3) is 0 Å². The fourth-order valence-corrected chi connectivity index (χ4v) is 0.853. The number of esters is 1. The van der Waals surface area contributed by atoms with Gasteiger partial charge in [-0.25, -0.2) is 0 Å². The molecule has 0 aromatic rings. The second kappa shape index (κ2) is 5.60. The van der Waals surface area contributed by atoms with Crippen molar-refractivity contribution in [2.24, 2.45) is 0 Å². The molecule has 0 heterocycles. The van der Waals surface area contributed by atoms with Crippen molar-refractivity contribution in [1.29, 1.82) is 0 Å². The van der Waals surface area contributed by atoms with Crippen LogP contribution in [0.3, 0.4) is 0 Å². The van der Waals surface area contributed by atoms with Crippen molar-refractivity contribution in [3.63, 3.8) is 0 Å². The highest BCUT2D eigenvalue weighted by molar-refractivity contribution is 5.88. The molecule has 0 saturated carbocycles. The number of halogens is 9. The fourth-order valence-electron chi connectivity index (χ4n) is 0.853. The Morgan fingerprint density at radius 1 is 0.905 bits per heavy atom. The van der Waals surface area contributed by atoms with Crippen LogP contribution in [0.2, 0.25) is 0 Å². The van der Waals surface area contributed by atoms with Crippen molar-refractivity contribution in [3.8, 4) is 0 Å². The summed E-state index contributed by atoms with van der Waals surface area (Å²) in [6.07, 6.45) is -7.03. The van der Waals surface area contributed by atoms with E-state index < -0.39 is 42.4 Å². The second-order valence-electron chi connectivity index (χ2n) is 3.48. The molecule has 0 bridgehead atoms. The van der Waals surface area contributed by atoms with Gasteiger partial charge in [-0.2, -0.15) is 39.5 Å². The third kappa shape index (κ3) is 3.32. The topological polar surface area (TPSA) is 55.4 Å². The van der Waals surface area contributed by atoms with Gasteiger partial charge in [-0.3, -0.25) is 9.59 Å². The lowest BCUT2D eigenvalue weighted by Gasteiger charge is -2.32. The molecule has 21 heavy (non-hydrogen) atoms. The van der Waals surface area contributed by atoms with Gasteiger partial charge in [0.2, 0.25) is 0 Å². The van der Waals surface area contributed by atoms with Gasteiger partial charge in [-0.15, -0.1) is 0 Å². The highest BCUT2D eigenvalue weighted by atomic mass is 19.4. The lowest BCUT2D eigenvalue weighted by molar-refractivity contribution is -0.388. The quantitative estimate of drug-likeness (QED) is 0.615. The number of hydrogen-bond acceptors (Lipinski definition) is 3. The summed E-state index contributed by atoms with van der Waals surface area (Å²) in [5, 5.41) is 0.759. The van der Waals surface area contributed by atoms with Gasteiger partial charge in [0.05, 0.1) is 7.11 Å². The molecule has 124 valence electrons. The fraction of sp³-hybridized carbons (Fsp3) is 0.750. The number of carbonyl (C=O) groups is 2. The first-order valence-electron chi connectivity index (χ1n) is 4.68. The minimum absolute atomic E-state index is 0.707. The van der Waals surface area contributed by atoms with Gasteiger partial charge in [0.25, 0.3) is 5.91 Å². The molecular formula is C8H6F9NO3. The number of rotatable bonds is 5. The van der Waals surface area contributed by atoms with Crippen LogP contribution in [-0.2, 0) is 14.3 Å². The van der Waals surface area contributed by atoms with Crippen LogP contribution in [0.4, 0.5) is 39.5 Å². The van der Waals surface area contributed by atoms with Crippen LogP contribution in [0.1, 0.15) is 0 Å². The minimum Gasteiger partial charge on any atom is -0.468 e. The van der Waals surface area contributed by atoms with Gasteiger partial charge in [0.15, 0.2) is 0 Å². The molecule has 0 aliphatic carbocycles. The number of methoxy groups -OCH3 is 1. The Hall–Kier alpha value is -1.69. The van der Waals surface area contributed by atoms with Gasteiger partial charge in [-0.05, 0) is 0 Å². The number of hydrogen-bond donors (Lipinski definition) is 1. The zero-order chi connectivity index (χ0) is 17.3.